The molecule has 0 aliphatic carbocycles. The van der Waals surface area contributed by atoms with Crippen molar-refractivity contribution in [2.75, 3.05) is 6.54 Å². The van der Waals surface area contributed by atoms with Gasteiger partial charge in [0.15, 0.2) is 0 Å². The monoisotopic (exact) mass is 283 g/mol. The lowest BCUT2D eigenvalue weighted by atomic mass is 10.0. The SMILES string of the molecule is O=C1N[C@@H](Cc2c[nH]c3ccccc23)C(=O)N2CCCC12. The normalized spacial score (nSPS) is 25.2. The quantitative estimate of drug-likeness (QED) is 0.870. The number of nitrogens with zero attached hydrogens (tertiary/aromatic N) is 1. The molecule has 0 radical (unpaired) electrons. The lowest BCUT2D eigenvalue weighted by Gasteiger charge is -2.34. The minimum atomic E-state index is -0.439. The Morgan fingerprint density at radius 2 is 2.10 bits per heavy atom. The number of hydrogen-bond donors (Lipinski definition) is 2. The summed E-state index contributed by atoms with van der Waals surface area (Å²) < 4.78 is 0. The van der Waals surface area contributed by atoms with Gasteiger partial charge in [-0.15, -0.1) is 0 Å². The summed E-state index contributed by atoms with van der Waals surface area (Å²) in [5.41, 5.74) is 2.13. The van der Waals surface area contributed by atoms with Gasteiger partial charge in [0.1, 0.15) is 12.1 Å². The zero-order valence-electron chi connectivity index (χ0n) is 11.6. The Hall–Kier alpha value is -2.30. The van der Waals surface area contributed by atoms with E-state index in [2.05, 4.69) is 10.3 Å². The van der Waals surface area contributed by atoms with Crippen molar-refractivity contribution in [3.05, 3.63) is 36.0 Å². The molecule has 0 bridgehead atoms. The van der Waals surface area contributed by atoms with Gasteiger partial charge in [-0.1, -0.05) is 18.2 Å². The standard InChI is InChI=1S/C16H17N3O2/c20-15-14-6-3-7-19(14)16(21)13(18-15)8-10-9-17-12-5-2-1-4-11(10)12/h1-2,4-5,9,13-14,17H,3,6-8H2,(H,18,20)/t13-,14?/m0/s1. The van der Waals surface area contributed by atoms with E-state index in [9.17, 15) is 9.59 Å². The number of hydrogen-bond acceptors (Lipinski definition) is 2. The molecule has 108 valence electrons. The van der Waals surface area contributed by atoms with E-state index in [4.69, 9.17) is 0 Å². The second-order valence-corrected chi connectivity index (χ2v) is 5.81. The maximum absolute atomic E-state index is 12.5. The number of H-pyrrole nitrogens is 1. The number of carbonyl (C=O) groups excluding carboxylic acids is 2. The molecular weight excluding hydrogens is 266 g/mol. The van der Waals surface area contributed by atoms with Gasteiger partial charge in [-0.05, 0) is 24.5 Å². The predicted molar refractivity (Wildman–Crippen MR) is 78.7 cm³/mol. The molecule has 2 aliphatic heterocycles. The molecule has 2 aromatic rings. The molecule has 2 N–H and O–H groups in total. The first-order valence-electron chi connectivity index (χ1n) is 7.40. The highest BCUT2D eigenvalue weighted by Gasteiger charge is 2.42. The maximum atomic E-state index is 12.5. The summed E-state index contributed by atoms with van der Waals surface area (Å²) in [5, 5.41) is 4.01. The highest BCUT2D eigenvalue weighted by molar-refractivity contribution is 5.98. The number of carbonyl (C=O) groups is 2. The summed E-state index contributed by atoms with van der Waals surface area (Å²) in [4.78, 5) is 29.6. The number of piperazine rings is 1. The zero-order chi connectivity index (χ0) is 14.4. The van der Waals surface area contributed by atoms with E-state index in [-0.39, 0.29) is 17.9 Å². The number of rotatable bonds is 2. The summed E-state index contributed by atoms with van der Waals surface area (Å²) in [6, 6.07) is 7.33. The number of para-hydroxylation sites is 1. The molecule has 21 heavy (non-hydrogen) atoms. The van der Waals surface area contributed by atoms with Crippen LogP contribution >= 0.6 is 0 Å². The van der Waals surface area contributed by atoms with Crippen molar-refractivity contribution in [3.63, 3.8) is 0 Å². The van der Waals surface area contributed by atoms with Crippen LogP contribution in [0.5, 0.6) is 0 Å². The minimum absolute atomic E-state index is 0.00283. The van der Waals surface area contributed by atoms with E-state index in [1.807, 2.05) is 30.5 Å². The molecule has 0 spiro atoms. The van der Waals surface area contributed by atoms with E-state index in [0.29, 0.717) is 13.0 Å². The Balaban J connectivity index is 1.62. The van der Waals surface area contributed by atoms with Gasteiger partial charge in [0.2, 0.25) is 11.8 Å². The highest BCUT2D eigenvalue weighted by Crippen LogP contribution is 2.25. The van der Waals surface area contributed by atoms with Crippen LogP contribution in [-0.2, 0) is 16.0 Å². The van der Waals surface area contributed by atoms with Gasteiger partial charge in [0.25, 0.3) is 0 Å². The molecule has 4 rings (SSSR count). The lowest BCUT2D eigenvalue weighted by molar-refractivity contribution is -0.146. The lowest BCUT2D eigenvalue weighted by Crippen LogP contribution is -2.61. The fourth-order valence-corrected chi connectivity index (χ4v) is 3.49. The van der Waals surface area contributed by atoms with Gasteiger partial charge in [-0.3, -0.25) is 9.59 Å². The van der Waals surface area contributed by atoms with Crippen LogP contribution in [0.2, 0.25) is 0 Å². The Labute approximate surface area is 122 Å². The van der Waals surface area contributed by atoms with Crippen LogP contribution in [-0.4, -0.2) is 40.3 Å². The Morgan fingerprint density at radius 1 is 1.24 bits per heavy atom. The van der Waals surface area contributed by atoms with Gasteiger partial charge in [-0.2, -0.15) is 0 Å². The molecule has 1 aromatic heterocycles. The smallest absolute Gasteiger partial charge is 0.246 e. The van der Waals surface area contributed by atoms with Gasteiger partial charge in [-0.25, -0.2) is 0 Å². The molecule has 2 aliphatic rings. The summed E-state index contributed by atoms with van der Waals surface area (Å²) in [5.74, 6) is 0.0549. The predicted octanol–water partition coefficient (Wildman–Crippen LogP) is 1.20. The first-order chi connectivity index (χ1) is 10.2. The Bertz CT molecular complexity index is 721. The van der Waals surface area contributed by atoms with E-state index >= 15 is 0 Å². The van der Waals surface area contributed by atoms with Crippen LogP contribution < -0.4 is 5.32 Å². The third-order valence-electron chi connectivity index (χ3n) is 4.55. The first kappa shape index (κ1) is 12.4. The highest BCUT2D eigenvalue weighted by atomic mass is 16.2. The number of amides is 2. The second kappa shape index (κ2) is 4.62. The van der Waals surface area contributed by atoms with E-state index < -0.39 is 6.04 Å². The minimum Gasteiger partial charge on any atom is -0.361 e. The second-order valence-electron chi connectivity index (χ2n) is 5.81. The molecule has 5 nitrogen and oxygen atoms in total. The van der Waals surface area contributed by atoms with Crippen molar-refractivity contribution in [1.82, 2.24) is 15.2 Å². The van der Waals surface area contributed by atoms with Crippen molar-refractivity contribution < 1.29 is 9.59 Å². The molecule has 1 aromatic carbocycles. The fourth-order valence-electron chi connectivity index (χ4n) is 3.49. The molecular formula is C16H17N3O2. The van der Waals surface area contributed by atoms with E-state index in [0.717, 1.165) is 29.3 Å². The van der Waals surface area contributed by atoms with Gasteiger partial charge in [0, 0.05) is 30.1 Å². The molecule has 0 saturated carbocycles. The summed E-state index contributed by atoms with van der Waals surface area (Å²) in [6.45, 7) is 0.710. The van der Waals surface area contributed by atoms with Crippen LogP contribution in [0.4, 0.5) is 0 Å². The maximum Gasteiger partial charge on any atom is 0.246 e. The third-order valence-corrected chi connectivity index (χ3v) is 4.55. The first-order valence-corrected chi connectivity index (χ1v) is 7.40. The van der Waals surface area contributed by atoms with Crippen molar-refractivity contribution >= 4 is 22.7 Å². The molecule has 2 atom stereocenters. The van der Waals surface area contributed by atoms with Crippen LogP contribution in [0.25, 0.3) is 10.9 Å². The molecule has 3 heterocycles. The van der Waals surface area contributed by atoms with Crippen LogP contribution in [0.15, 0.2) is 30.5 Å². The van der Waals surface area contributed by atoms with Crippen molar-refractivity contribution in [2.45, 2.75) is 31.3 Å². The molecule has 2 saturated heterocycles. The molecule has 1 unspecified atom stereocenters. The van der Waals surface area contributed by atoms with E-state index in [1.165, 1.54) is 0 Å². The van der Waals surface area contributed by atoms with Crippen molar-refractivity contribution in [3.8, 4) is 0 Å². The summed E-state index contributed by atoms with van der Waals surface area (Å²) in [6.07, 6.45) is 4.18. The van der Waals surface area contributed by atoms with Crippen LogP contribution in [0.1, 0.15) is 18.4 Å². The molecule has 2 fully saturated rings. The van der Waals surface area contributed by atoms with Crippen molar-refractivity contribution in [2.24, 2.45) is 0 Å². The molecule has 2 amide bonds. The fraction of sp³-hybridized carbons (Fsp3) is 0.375. The summed E-state index contributed by atoms with van der Waals surface area (Å²) >= 11 is 0. The number of benzene rings is 1. The average Bonchev–Trinajstić information content (AvgIpc) is 3.12. The number of aromatic nitrogens is 1. The summed E-state index contributed by atoms with van der Waals surface area (Å²) in [7, 11) is 0. The Morgan fingerprint density at radius 3 is 3.00 bits per heavy atom. The third kappa shape index (κ3) is 1.92. The van der Waals surface area contributed by atoms with Gasteiger partial charge in [0.05, 0.1) is 0 Å². The average molecular weight is 283 g/mol. The van der Waals surface area contributed by atoms with E-state index in [1.54, 1.807) is 4.90 Å². The van der Waals surface area contributed by atoms with Crippen LogP contribution in [0.3, 0.4) is 0 Å². The van der Waals surface area contributed by atoms with Gasteiger partial charge < -0.3 is 15.2 Å². The zero-order valence-corrected chi connectivity index (χ0v) is 11.6. The largest absolute Gasteiger partial charge is 0.361 e. The number of fused-ring (bicyclic) bond motifs is 2. The van der Waals surface area contributed by atoms with Crippen molar-refractivity contribution in [1.29, 1.82) is 0 Å². The van der Waals surface area contributed by atoms with Crippen LogP contribution in [0, 0.1) is 0 Å². The number of aromatic amines is 1. The topological polar surface area (TPSA) is 65.2 Å². The number of nitrogens with one attached hydrogen (secondary N) is 2. The molecule has 5 heteroatoms. The van der Waals surface area contributed by atoms with Gasteiger partial charge >= 0.3 is 0 Å². The Kier molecular flexibility index (Phi) is 2.74.